The van der Waals surface area contributed by atoms with Gasteiger partial charge in [0.05, 0.1) is 37.1 Å². The number of likely N-dealkylation sites (tertiary alicyclic amines) is 1. The summed E-state index contributed by atoms with van der Waals surface area (Å²) in [6, 6.07) is 4.57. The molecule has 2 aliphatic heterocycles. The van der Waals surface area contributed by atoms with Crippen molar-refractivity contribution in [2.75, 3.05) is 45.1 Å². The zero-order valence-electron chi connectivity index (χ0n) is 16.9. The Bertz CT molecular complexity index is 930. The molecular weight excluding hydrogens is 411 g/mol. The highest BCUT2D eigenvalue weighted by Crippen LogP contribution is 2.38. The minimum absolute atomic E-state index is 0.0000435. The molecule has 1 atom stereocenters. The van der Waals surface area contributed by atoms with Crippen molar-refractivity contribution in [2.24, 2.45) is 0 Å². The molecule has 2 N–H and O–H groups in total. The van der Waals surface area contributed by atoms with Crippen LogP contribution < -0.4 is 5.73 Å². The van der Waals surface area contributed by atoms with E-state index in [0.717, 1.165) is 18.6 Å². The fourth-order valence-corrected chi connectivity index (χ4v) is 4.12. The number of anilines is 1. The summed E-state index contributed by atoms with van der Waals surface area (Å²) in [4.78, 5) is 25.3. The summed E-state index contributed by atoms with van der Waals surface area (Å²) in [5.41, 5.74) is 6.81. The lowest BCUT2D eigenvalue weighted by Gasteiger charge is -2.31. The lowest BCUT2D eigenvalue weighted by molar-refractivity contribution is -0.137. The average Bonchev–Trinajstić information content (AvgIpc) is 3.24. The van der Waals surface area contributed by atoms with E-state index in [1.54, 1.807) is 4.90 Å². The highest BCUT2D eigenvalue weighted by atomic mass is 19.4. The Morgan fingerprint density at radius 3 is 2.55 bits per heavy atom. The summed E-state index contributed by atoms with van der Waals surface area (Å²) < 4.78 is 44.1. The van der Waals surface area contributed by atoms with Crippen LogP contribution in [0.2, 0.25) is 0 Å². The Kier molecular flexibility index (Phi) is 6.10. The molecule has 2 aromatic rings. The van der Waals surface area contributed by atoms with Gasteiger partial charge in [-0.3, -0.25) is 9.69 Å². The summed E-state index contributed by atoms with van der Waals surface area (Å²) in [6.45, 7) is 3.54. The first-order valence-corrected chi connectivity index (χ1v) is 10.2. The van der Waals surface area contributed by atoms with Gasteiger partial charge in [-0.1, -0.05) is 12.1 Å². The number of morpholine rings is 1. The van der Waals surface area contributed by atoms with Crippen LogP contribution in [0.4, 0.5) is 19.1 Å². The third-order valence-corrected chi connectivity index (χ3v) is 5.71. The molecule has 1 amide bonds. The standard InChI is InChI=1S/C21H24F3N5O2/c22-21(23,24)15-5-3-14(4-6-15)16-12-26-20(25)27-19(16)17-2-1-7-29(17)18(30)13-28-8-10-31-11-9-28/h3-6,12,17H,1-2,7-11,13H2,(H2,25,26,27)/t17-/m0/s1. The molecule has 1 aromatic carbocycles. The van der Waals surface area contributed by atoms with E-state index in [4.69, 9.17) is 10.5 Å². The third kappa shape index (κ3) is 4.80. The highest BCUT2D eigenvalue weighted by Gasteiger charge is 2.34. The average molecular weight is 435 g/mol. The molecule has 0 spiro atoms. The maximum atomic E-state index is 13.0. The lowest BCUT2D eigenvalue weighted by Crippen LogP contribution is -2.44. The number of nitrogen functional groups attached to an aromatic ring is 1. The number of carbonyl (C=O) groups excluding carboxylic acids is 1. The van der Waals surface area contributed by atoms with Crippen LogP contribution >= 0.6 is 0 Å². The number of amides is 1. The van der Waals surface area contributed by atoms with Gasteiger partial charge in [0.25, 0.3) is 0 Å². The molecule has 7 nitrogen and oxygen atoms in total. The monoisotopic (exact) mass is 435 g/mol. The van der Waals surface area contributed by atoms with Crippen molar-refractivity contribution >= 4 is 11.9 Å². The van der Waals surface area contributed by atoms with Gasteiger partial charge in [-0.2, -0.15) is 13.2 Å². The molecule has 3 heterocycles. The van der Waals surface area contributed by atoms with Crippen LogP contribution in [0.25, 0.3) is 11.1 Å². The summed E-state index contributed by atoms with van der Waals surface area (Å²) >= 11 is 0. The number of nitrogens with two attached hydrogens (primary N) is 1. The Morgan fingerprint density at radius 1 is 1.16 bits per heavy atom. The summed E-state index contributed by atoms with van der Waals surface area (Å²) in [5, 5.41) is 0. The number of hydrogen-bond acceptors (Lipinski definition) is 6. The van der Waals surface area contributed by atoms with Crippen LogP contribution in [0.5, 0.6) is 0 Å². The number of alkyl halides is 3. The van der Waals surface area contributed by atoms with Gasteiger partial charge in [0.2, 0.25) is 11.9 Å². The molecular formula is C21H24F3N5O2. The molecule has 1 aromatic heterocycles. The minimum atomic E-state index is -4.41. The van der Waals surface area contributed by atoms with Gasteiger partial charge in [-0.25, -0.2) is 9.97 Å². The zero-order valence-corrected chi connectivity index (χ0v) is 16.9. The fraction of sp³-hybridized carbons (Fsp3) is 0.476. The van der Waals surface area contributed by atoms with Gasteiger partial charge in [0, 0.05) is 31.4 Å². The first-order chi connectivity index (χ1) is 14.8. The molecule has 0 saturated carbocycles. The smallest absolute Gasteiger partial charge is 0.379 e. The van der Waals surface area contributed by atoms with E-state index in [-0.39, 0.29) is 17.9 Å². The van der Waals surface area contributed by atoms with Gasteiger partial charge in [0.1, 0.15) is 0 Å². The molecule has 2 aliphatic rings. The van der Waals surface area contributed by atoms with Crippen LogP contribution in [0.3, 0.4) is 0 Å². The summed E-state index contributed by atoms with van der Waals surface area (Å²) in [6.07, 6.45) is -1.37. The second-order valence-electron chi connectivity index (χ2n) is 7.74. The molecule has 2 saturated heterocycles. The number of benzene rings is 1. The Hall–Kier alpha value is -2.72. The Labute approximate surface area is 178 Å². The molecule has 10 heteroatoms. The minimum Gasteiger partial charge on any atom is -0.379 e. The van der Waals surface area contributed by atoms with Crippen molar-refractivity contribution < 1.29 is 22.7 Å². The maximum Gasteiger partial charge on any atom is 0.416 e. The molecule has 31 heavy (non-hydrogen) atoms. The fourth-order valence-electron chi connectivity index (χ4n) is 4.12. The molecule has 0 radical (unpaired) electrons. The molecule has 0 unspecified atom stereocenters. The van der Waals surface area contributed by atoms with Gasteiger partial charge in [0.15, 0.2) is 0 Å². The van der Waals surface area contributed by atoms with E-state index in [1.165, 1.54) is 18.3 Å². The predicted octanol–water partition coefficient (Wildman–Crippen LogP) is 2.74. The Morgan fingerprint density at radius 2 is 1.87 bits per heavy atom. The molecule has 0 bridgehead atoms. The largest absolute Gasteiger partial charge is 0.416 e. The number of aromatic nitrogens is 2. The molecule has 166 valence electrons. The number of ether oxygens (including phenoxy) is 1. The lowest BCUT2D eigenvalue weighted by atomic mass is 9.98. The first-order valence-electron chi connectivity index (χ1n) is 10.2. The molecule has 4 rings (SSSR count). The first kappa shape index (κ1) is 21.5. The SMILES string of the molecule is Nc1ncc(-c2ccc(C(F)(F)F)cc2)c([C@@H]2CCCN2C(=O)CN2CCOCC2)n1. The number of nitrogens with zero attached hydrogens (tertiary/aromatic N) is 4. The van der Waals surface area contributed by atoms with Crippen LogP contribution in [0.1, 0.15) is 30.1 Å². The van der Waals surface area contributed by atoms with Crippen molar-refractivity contribution in [3.05, 3.63) is 41.7 Å². The number of halogens is 3. The van der Waals surface area contributed by atoms with Crippen molar-refractivity contribution in [2.45, 2.75) is 25.1 Å². The van der Waals surface area contributed by atoms with Crippen LogP contribution in [0.15, 0.2) is 30.5 Å². The second-order valence-corrected chi connectivity index (χ2v) is 7.74. The normalized spacial score (nSPS) is 20.2. The van der Waals surface area contributed by atoms with Crippen LogP contribution in [0, 0.1) is 0 Å². The zero-order chi connectivity index (χ0) is 22.0. The Balaban J connectivity index is 1.61. The molecule has 0 aliphatic carbocycles. The van der Waals surface area contributed by atoms with Crippen molar-refractivity contribution in [1.29, 1.82) is 0 Å². The van der Waals surface area contributed by atoms with E-state index < -0.39 is 11.7 Å². The van der Waals surface area contributed by atoms with Gasteiger partial charge in [-0.05, 0) is 30.5 Å². The quantitative estimate of drug-likeness (QED) is 0.795. The van der Waals surface area contributed by atoms with Crippen LogP contribution in [-0.2, 0) is 15.7 Å². The van der Waals surface area contributed by atoms with E-state index in [2.05, 4.69) is 14.9 Å². The second kappa shape index (κ2) is 8.80. The van der Waals surface area contributed by atoms with Crippen LogP contribution in [-0.4, -0.2) is 65.1 Å². The van der Waals surface area contributed by atoms with Gasteiger partial charge < -0.3 is 15.4 Å². The number of rotatable bonds is 4. The van der Waals surface area contributed by atoms with Crippen molar-refractivity contribution in [1.82, 2.24) is 19.8 Å². The van der Waals surface area contributed by atoms with E-state index in [0.29, 0.717) is 62.6 Å². The molecule has 2 fully saturated rings. The highest BCUT2D eigenvalue weighted by molar-refractivity contribution is 5.79. The van der Waals surface area contributed by atoms with E-state index in [9.17, 15) is 18.0 Å². The topological polar surface area (TPSA) is 84.6 Å². The number of carbonyl (C=O) groups is 1. The van der Waals surface area contributed by atoms with E-state index >= 15 is 0 Å². The maximum absolute atomic E-state index is 13.0. The van der Waals surface area contributed by atoms with Gasteiger partial charge >= 0.3 is 6.18 Å². The predicted molar refractivity (Wildman–Crippen MR) is 108 cm³/mol. The van der Waals surface area contributed by atoms with Crippen molar-refractivity contribution in [3.63, 3.8) is 0 Å². The summed E-state index contributed by atoms with van der Waals surface area (Å²) in [7, 11) is 0. The van der Waals surface area contributed by atoms with E-state index in [1.807, 2.05) is 0 Å². The summed E-state index contributed by atoms with van der Waals surface area (Å²) in [5.74, 6) is 0.0677. The third-order valence-electron chi connectivity index (χ3n) is 5.71. The van der Waals surface area contributed by atoms with Crippen molar-refractivity contribution in [3.8, 4) is 11.1 Å². The number of hydrogen-bond donors (Lipinski definition) is 1. The van der Waals surface area contributed by atoms with Gasteiger partial charge in [-0.15, -0.1) is 0 Å².